The van der Waals surface area contributed by atoms with Crippen LogP contribution in [0.3, 0.4) is 0 Å². The van der Waals surface area contributed by atoms with Crippen molar-refractivity contribution < 1.29 is 0 Å². The lowest BCUT2D eigenvalue weighted by Crippen LogP contribution is -2.16. The molecule has 5 heteroatoms. The number of para-hydroxylation sites is 2. The number of rotatable bonds is 2. The van der Waals surface area contributed by atoms with Crippen LogP contribution in [0.2, 0.25) is 0 Å². The van der Waals surface area contributed by atoms with Gasteiger partial charge >= 0.3 is 0 Å². The first kappa shape index (κ1) is 21.9. The minimum absolute atomic E-state index is 0.0510. The van der Waals surface area contributed by atoms with Crippen LogP contribution in [0, 0.1) is 34.0 Å². The van der Waals surface area contributed by atoms with Gasteiger partial charge in [-0.1, -0.05) is 36.4 Å². The largest absolute Gasteiger partial charge is 0.337 e. The van der Waals surface area contributed by atoms with Crippen LogP contribution in [-0.2, 0) is 6.42 Å². The molecule has 5 aromatic rings. The molecule has 0 radical (unpaired) electrons. The fourth-order valence-electron chi connectivity index (χ4n) is 6.20. The van der Waals surface area contributed by atoms with Gasteiger partial charge in [-0.15, -0.1) is 0 Å². The molecule has 0 amide bonds. The van der Waals surface area contributed by atoms with Gasteiger partial charge in [0.25, 0.3) is 0 Å². The molecule has 0 aliphatic heterocycles. The highest BCUT2D eigenvalue weighted by Crippen LogP contribution is 2.41. The molecule has 2 aliphatic carbocycles. The first-order valence-corrected chi connectivity index (χ1v) is 12.7. The van der Waals surface area contributed by atoms with Crippen LogP contribution in [0.15, 0.2) is 90.0 Å². The zero-order valence-electron chi connectivity index (χ0n) is 20.5. The maximum Gasteiger partial charge on any atom is 0.0991 e. The van der Waals surface area contributed by atoms with Crippen molar-refractivity contribution in [2.45, 2.75) is 25.3 Å². The molecule has 178 valence electrons. The van der Waals surface area contributed by atoms with Crippen molar-refractivity contribution in [2.75, 3.05) is 0 Å². The Balaban J connectivity index is 1.49. The van der Waals surface area contributed by atoms with E-state index in [-0.39, 0.29) is 6.04 Å². The number of hydrogen-bond acceptors (Lipinski definition) is 3. The number of fused-ring (bicyclic) bond motifs is 6. The second-order valence-electron chi connectivity index (χ2n) is 9.87. The van der Waals surface area contributed by atoms with Crippen molar-refractivity contribution in [1.29, 1.82) is 15.8 Å². The van der Waals surface area contributed by atoms with Gasteiger partial charge in [-0.05, 0) is 61.4 Å². The average molecular weight is 488 g/mol. The molecule has 0 fully saturated rings. The molecule has 5 nitrogen and oxygen atoms in total. The quantitative estimate of drug-likeness (QED) is 0.260. The summed E-state index contributed by atoms with van der Waals surface area (Å²) in [5.74, 6) is 0. The van der Waals surface area contributed by atoms with E-state index < -0.39 is 0 Å². The zero-order valence-corrected chi connectivity index (χ0v) is 20.5. The predicted molar refractivity (Wildman–Crippen MR) is 150 cm³/mol. The van der Waals surface area contributed by atoms with E-state index in [2.05, 4.69) is 57.7 Å². The maximum absolute atomic E-state index is 10.1. The molecule has 0 spiro atoms. The second kappa shape index (κ2) is 8.38. The van der Waals surface area contributed by atoms with Crippen LogP contribution in [0.25, 0.3) is 44.5 Å². The fraction of sp³-hybridized carbons (Fsp3) is 0.121. The van der Waals surface area contributed by atoms with Crippen molar-refractivity contribution in [2.24, 2.45) is 0 Å². The highest BCUT2D eigenvalue weighted by Gasteiger charge is 2.27. The summed E-state index contributed by atoms with van der Waals surface area (Å²) in [6.45, 7) is 0. The van der Waals surface area contributed by atoms with Crippen LogP contribution in [0.5, 0.6) is 0 Å². The van der Waals surface area contributed by atoms with E-state index in [1.165, 1.54) is 5.69 Å². The van der Waals surface area contributed by atoms with Gasteiger partial charge in [0.15, 0.2) is 0 Å². The highest BCUT2D eigenvalue weighted by molar-refractivity contribution is 6.11. The summed E-state index contributed by atoms with van der Waals surface area (Å²) >= 11 is 0. The minimum atomic E-state index is -0.0510. The Kier molecular flexibility index (Phi) is 4.83. The van der Waals surface area contributed by atoms with Crippen molar-refractivity contribution in [3.8, 4) is 18.2 Å². The summed E-state index contributed by atoms with van der Waals surface area (Å²) < 4.78 is 4.59. The Morgan fingerprint density at radius 3 is 2.21 bits per heavy atom. The van der Waals surface area contributed by atoms with Gasteiger partial charge in [0, 0.05) is 56.2 Å². The Morgan fingerprint density at radius 2 is 1.42 bits per heavy atom. The van der Waals surface area contributed by atoms with E-state index in [1.807, 2.05) is 54.6 Å². The van der Waals surface area contributed by atoms with E-state index >= 15 is 0 Å². The molecule has 3 aromatic carbocycles. The summed E-state index contributed by atoms with van der Waals surface area (Å²) in [4.78, 5) is 0. The molecule has 0 N–H and O–H groups in total. The fourth-order valence-corrected chi connectivity index (χ4v) is 6.20. The molecule has 2 heterocycles. The molecule has 0 bridgehead atoms. The van der Waals surface area contributed by atoms with Gasteiger partial charge in [-0.25, -0.2) is 0 Å². The Bertz CT molecular complexity index is 2040. The third-order valence-electron chi connectivity index (χ3n) is 7.80. The number of nitriles is 3. The van der Waals surface area contributed by atoms with Gasteiger partial charge in [0.05, 0.1) is 40.8 Å². The topological polar surface area (TPSA) is 81.2 Å². The Morgan fingerprint density at radius 1 is 0.684 bits per heavy atom. The van der Waals surface area contributed by atoms with Crippen LogP contribution >= 0.6 is 0 Å². The number of benzene rings is 3. The molecule has 2 aliphatic rings. The molecule has 2 aromatic heterocycles. The molecule has 0 saturated heterocycles. The van der Waals surface area contributed by atoms with E-state index in [4.69, 9.17) is 0 Å². The van der Waals surface area contributed by atoms with Gasteiger partial charge < -0.3 is 9.13 Å². The third kappa shape index (κ3) is 3.15. The van der Waals surface area contributed by atoms with Gasteiger partial charge in [0.1, 0.15) is 0 Å². The Hall–Kier alpha value is -5.31. The monoisotopic (exact) mass is 487 g/mol. The van der Waals surface area contributed by atoms with Crippen molar-refractivity contribution in [1.82, 2.24) is 9.13 Å². The normalized spacial score (nSPS) is 16.8. The highest BCUT2D eigenvalue weighted by atomic mass is 15.0. The van der Waals surface area contributed by atoms with Crippen molar-refractivity contribution in [3.05, 3.63) is 107 Å². The van der Waals surface area contributed by atoms with E-state index in [0.717, 1.165) is 68.0 Å². The number of nitrogens with zero attached hydrogens (tertiary/aromatic N) is 5. The smallest absolute Gasteiger partial charge is 0.0991 e. The second-order valence-corrected chi connectivity index (χ2v) is 9.87. The summed E-state index contributed by atoms with van der Waals surface area (Å²) in [6, 6.07) is 29.3. The number of allylic oxidation sites excluding steroid dienone is 5. The van der Waals surface area contributed by atoms with Crippen molar-refractivity contribution >= 4 is 44.5 Å². The first-order valence-electron chi connectivity index (χ1n) is 12.7. The van der Waals surface area contributed by atoms with E-state index in [1.54, 1.807) is 0 Å². The van der Waals surface area contributed by atoms with Gasteiger partial charge in [-0.2, -0.15) is 15.8 Å². The summed E-state index contributed by atoms with van der Waals surface area (Å²) in [6.07, 6.45) is 8.41. The van der Waals surface area contributed by atoms with E-state index in [0.29, 0.717) is 12.0 Å². The average Bonchev–Trinajstić information content (AvgIpc) is 3.49. The predicted octanol–water partition coefficient (Wildman–Crippen LogP) is 7.41. The molecule has 0 saturated carbocycles. The molecule has 38 heavy (non-hydrogen) atoms. The number of aromatic nitrogens is 2. The van der Waals surface area contributed by atoms with Gasteiger partial charge in [-0.3, -0.25) is 0 Å². The Labute approximate surface area is 219 Å². The van der Waals surface area contributed by atoms with Gasteiger partial charge in [0.2, 0.25) is 0 Å². The zero-order chi connectivity index (χ0) is 25.8. The molecular formula is C33H21N5. The van der Waals surface area contributed by atoms with Crippen LogP contribution in [-0.4, -0.2) is 9.13 Å². The van der Waals surface area contributed by atoms with Crippen molar-refractivity contribution in [3.63, 3.8) is 0 Å². The first-order chi connectivity index (χ1) is 18.7. The summed E-state index contributed by atoms with van der Waals surface area (Å²) in [5.41, 5.74) is 8.60. The van der Waals surface area contributed by atoms with Crippen LogP contribution in [0.1, 0.15) is 35.7 Å². The summed E-state index contributed by atoms with van der Waals surface area (Å²) in [5, 5.41) is 32.4. The lowest BCUT2D eigenvalue weighted by Gasteiger charge is -2.26. The molecule has 1 unspecified atom stereocenters. The number of hydrogen-bond donors (Lipinski definition) is 0. The summed E-state index contributed by atoms with van der Waals surface area (Å²) in [7, 11) is 0. The minimum Gasteiger partial charge on any atom is -0.337 e. The van der Waals surface area contributed by atoms with Crippen LogP contribution in [0.4, 0.5) is 0 Å². The lowest BCUT2D eigenvalue weighted by molar-refractivity contribution is 0.589. The third-order valence-corrected chi connectivity index (χ3v) is 7.80. The molecule has 1 atom stereocenters. The lowest BCUT2D eigenvalue weighted by atomic mass is 9.95. The van der Waals surface area contributed by atoms with E-state index in [9.17, 15) is 15.8 Å². The molecule has 7 rings (SSSR count). The molecular weight excluding hydrogens is 466 g/mol. The maximum atomic E-state index is 10.1. The standard InChI is InChI=1S/C33H21N5/c34-18-21-9-11-32-28(15-21)26-5-1-3-7-30(26)37(32)24-13-23(20-36)14-25(17-24)38-31-8-4-2-6-27(31)29-16-22(19-35)10-12-33(29)38/h1-9,11,13,15-17,25H,10,12,14H2. The van der Waals surface area contributed by atoms with Crippen LogP contribution < -0.4 is 0 Å². The SMILES string of the molecule is N#CC1=Cc2c(n(C3C=C(n4c5ccccc5c5cc(C#N)ccc54)C=C(C#N)C3)c3ccccc23)CC1.